The number of aliphatic hydroxyl groups is 1. The highest BCUT2D eigenvalue weighted by atomic mass is 16.5. The van der Waals surface area contributed by atoms with Gasteiger partial charge in [-0.25, -0.2) is 4.68 Å². The first kappa shape index (κ1) is 32.0. The van der Waals surface area contributed by atoms with Crippen LogP contribution >= 0.6 is 0 Å². The number of nitrogens with one attached hydrogen (secondary N) is 2. The number of carbonyl (C=O) groups excluding carboxylic acids is 3. The molecular weight excluding hydrogens is 600 g/mol. The van der Waals surface area contributed by atoms with Gasteiger partial charge in [0.1, 0.15) is 18.1 Å². The van der Waals surface area contributed by atoms with E-state index < -0.39 is 18.2 Å². The van der Waals surface area contributed by atoms with E-state index in [4.69, 9.17) is 4.74 Å². The van der Waals surface area contributed by atoms with Crippen molar-refractivity contribution in [2.75, 3.05) is 26.2 Å². The zero-order valence-corrected chi connectivity index (χ0v) is 27.2. The molecule has 3 amide bonds. The van der Waals surface area contributed by atoms with Gasteiger partial charge in [-0.05, 0) is 57.6 Å². The molecule has 0 unspecified atom stereocenters. The van der Waals surface area contributed by atoms with Crippen molar-refractivity contribution in [3.05, 3.63) is 42.2 Å². The number of hydrogen-bond acceptors (Lipinski definition) is 9. The highest BCUT2D eigenvalue weighted by Gasteiger charge is 2.46. The fraction of sp³-hybridized carbons (Fsp3) is 0.676. The topological polar surface area (TPSA) is 145 Å². The van der Waals surface area contributed by atoms with Crippen LogP contribution in [0, 0.1) is 0 Å². The van der Waals surface area contributed by atoms with E-state index >= 15 is 0 Å². The van der Waals surface area contributed by atoms with Crippen LogP contribution in [0.3, 0.4) is 0 Å². The Hall–Kier alpha value is -3.55. The van der Waals surface area contributed by atoms with Crippen LogP contribution < -0.4 is 15.4 Å². The molecule has 8 rings (SSSR count). The van der Waals surface area contributed by atoms with Gasteiger partial charge in [-0.1, -0.05) is 36.3 Å². The first-order chi connectivity index (χ1) is 22.8. The summed E-state index contributed by atoms with van der Waals surface area (Å²) < 4.78 is 7.70. The maximum atomic E-state index is 14.0. The summed E-state index contributed by atoms with van der Waals surface area (Å²) in [6.45, 7) is 4.61. The van der Waals surface area contributed by atoms with Crippen LogP contribution in [-0.4, -0.2) is 121 Å². The third-order valence-corrected chi connectivity index (χ3v) is 11.1. The van der Waals surface area contributed by atoms with Crippen LogP contribution in [-0.2, 0) is 21.0 Å². The van der Waals surface area contributed by atoms with Crippen LogP contribution in [0.1, 0.15) is 76.4 Å². The molecule has 5 aliphatic heterocycles. The quantitative estimate of drug-likeness (QED) is 0.436. The summed E-state index contributed by atoms with van der Waals surface area (Å²) in [7, 11) is 0. The van der Waals surface area contributed by atoms with E-state index in [9.17, 15) is 19.5 Å². The summed E-state index contributed by atoms with van der Waals surface area (Å²) in [4.78, 5) is 47.6. The van der Waals surface area contributed by atoms with E-state index in [1.54, 1.807) is 6.92 Å². The van der Waals surface area contributed by atoms with Crippen molar-refractivity contribution >= 4 is 17.7 Å². The third kappa shape index (κ3) is 7.02. The zero-order chi connectivity index (χ0) is 32.5. The molecule has 1 aliphatic carbocycles. The molecule has 1 aromatic carbocycles. The van der Waals surface area contributed by atoms with Crippen LogP contribution in [0.5, 0.6) is 5.75 Å². The Morgan fingerprint density at radius 2 is 1.62 bits per heavy atom. The Balaban J connectivity index is 1.09. The van der Waals surface area contributed by atoms with E-state index in [0.717, 1.165) is 31.4 Å². The van der Waals surface area contributed by atoms with Crippen molar-refractivity contribution in [2.45, 2.75) is 120 Å². The smallest absolute Gasteiger partial charge is 0.240 e. The van der Waals surface area contributed by atoms with E-state index in [0.29, 0.717) is 57.4 Å². The lowest BCUT2D eigenvalue weighted by molar-refractivity contribution is -0.139. The summed E-state index contributed by atoms with van der Waals surface area (Å²) in [5.41, 5.74) is 0.706. The molecule has 5 saturated heterocycles. The molecule has 0 radical (unpaired) electrons. The third-order valence-electron chi connectivity index (χ3n) is 11.1. The number of para-hydroxylation sites is 1. The van der Waals surface area contributed by atoms with Crippen molar-refractivity contribution in [2.24, 2.45) is 0 Å². The Morgan fingerprint density at radius 3 is 2.38 bits per heavy atom. The molecule has 6 fully saturated rings. The maximum absolute atomic E-state index is 14.0. The number of rotatable bonds is 5. The number of nitrogens with zero attached hydrogens (tertiary/aromatic N) is 6. The molecule has 6 aliphatic rings. The SMILES string of the molecule is C[C@@H]1NC(=O)[C@@H]2C[C@H](n3cc(COc4ccccc4)nn3)CN2C2CCN(CC2)C(=O)[C@@H]2C[C@H](CN2C2CCCC2)NC(=O)C[C@@H]1O. The molecule has 47 heavy (non-hydrogen) atoms. The van der Waals surface area contributed by atoms with Crippen molar-refractivity contribution in [3.8, 4) is 5.75 Å². The van der Waals surface area contributed by atoms with Gasteiger partial charge in [-0.3, -0.25) is 24.2 Å². The van der Waals surface area contributed by atoms with Crippen LogP contribution in [0.4, 0.5) is 0 Å². The minimum Gasteiger partial charge on any atom is -0.487 e. The molecule has 2 aromatic rings. The normalized spacial score (nSPS) is 33.1. The predicted molar refractivity (Wildman–Crippen MR) is 172 cm³/mol. The van der Waals surface area contributed by atoms with E-state index in [1.807, 2.05) is 46.1 Å². The Bertz CT molecular complexity index is 1410. The lowest BCUT2D eigenvalue weighted by Gasteiger charge is -2.41. The van der Waals surface area contributed by atoms with Gasteiger partial charge < -0.3 is 25.4 Å². The van der Waals surface area contributed by atoms with E-state index in [-0.39, 0.29) is 48.3 Å². The van der Waals surface area contributed by atoms with Gasteiger partial charge in [0.2, 0.25) is 17.7 Å². The molecule has 1 aromatic heterocycles. The summed E-state index contributed by atoms with van der Waals surface area (Å²) >= 11 is 0. The fourth-order valence-corrected chi connectivity index (χ4v) is 8.47. The standard InChI is InChI=1S/C34H48N8O5/c1-22-31(43)17-32(44)36-23-15-30(40(18-23)25-7-5-6-8-25)34(46)39-13-11-26(12-14-39)41-20-27(16-29(41)33(45)35-22)42-19-24(37-38-42)21-47-28-9-3-2-4-10-28/h2-4,9-10,19,22-23,25-27,29-31,43H,5-8,11-18,20-21H2,1H3,(H,35,45)(H,36,44)/t22-,23+,27-,29-,30-,31-/m0/s1. The monoisotopic (exact) mass is 648 g/mol. The van der Waals surface area contributed by atoms with Crippen LogP contribution in [0.2, 0.25) is 0 Å². The van der Waals surface area contributed by atoms with Crippen molar-refractivity contribution in [3.63, 3.8) is 0 Å². The number of likely N-dealkylation sites (tertiary alicyclic amines) is 1. The predicted octanol–water partition coefficient (Wildman–Crippen LogP) is 1.23. The van der Waals surface area contributed by atoms with Gasteiger partial charge >= 0.3 is 0 Å². The summed E-state index contributed by atoms with van der Waals surface area (Å²) in [5.74, 6) is 0.497. The minimum atomic E-state index is -1.03. The van der Waals surface area contributed by atoms with Gasteiger partial charge in [-0.2, -0.15) is 0 Å². The maximum Gasteiger partial charge on any atom is 0.240 e. The molecule has 1 saturated carbocycles. The average molecular weight is 649 g/mol. The van der Waals surface area contributed by atoms with E-state index in [1.165, 1.54) is 12.8 Å². The number of piperidine rings is 1. The number of hydrogen-bond donors (Lipinski definition) is 3. The van der Waals surface area contributed by atoms with E-state index in [2.05, 4.69) is 30.7 Å². The fourth-order valence-electron chi connectivity index (χ4n) is 8.47. The second-order valence-electron chi connectivity index (χ2n) is 14.2. The number of benzene rings is 1. The van der Waals surface area contributed by atoms with Crippen molar-refractivity contribution in [1.82, 2.24) is 40.3 Å². The second kappa shape index (κ2) is 13.9. The molecule has 6 heterocycles. The number of fused-ring (bicyclic) bond motifs is 8. The van der Waals surface area contributed by atoms with Crippen LogP contribution in [0.25, 0.3) is 0 Å². The Labute approximate surface area is 276 Å². The Kier molecular flexibility index (Phi) is 9.47. The molecule has 0 spiro atoms. The van der Waals surface area contributed by atoms with Gasteiger partial charge in [-0.15, -0.1) is 5.10 Å². The van der Waals surface area contributed by atoms with Crippen molar-refractivity contribution < 1.29 is 24.2 Å². The summed E-state index contributed by atoms with van der Waals surface area (Å²) in [5, 5.41) is 25.9. The van der Waals surface area contributed by atoms with Gasteiger partial charge in [0.05, 0.1) is 42.9 Å². The summed E-state index contributed by atoms with van der Waals surface area (Å²) in [6, 6.07) is 8.59. The largest absolute Gasteiger partial charge is 0.487 e. The molecule has 254 valence electrons. The van der Waals surface area contributed by atoms with Gasteiger partial charge in [0.25, 0.3) is 0 Å². The number of carbonyl (C=O) groups is 3. The molecule has 3 N–H and O–H groups in total. The van der Waals surface area contributed by atoms with Gasteiger partial charge in [0, 0.05) is 44.3 Å². The first-order valence-corrected chi connectivity index (χ1v) is 17.5. The lowest BCUT2D eigenvalue weighted by Crippen LogP contribution is -2.56. The number of aliphatic hydroxyl groups excluding tert-OH is 1. The summed E-state index contributed by atoms with van der Waals surface area (Å²) in [6.07, 6.45) is 7.97. The number of aromatic nitrogens is 3. The van der Waals surface area contributed by atoms with Gasteiger partial charge in [0.15, 0.2) is 0 Å². The highest BCUT2D eigenvalue weighted by Crippen LogP contribution is 2.35. The first-order valence-electron chi connectivity index (χ1n) is 17.5. The van der Waals surface area contributed by atoms with Crippen LogP contribution in [0.15, 0.2) is 36.5 Å². The molecule has 13 heteroatoms. The average Bonchev–Trinajstić information content (AvgIpc) is 3.90. The second-order valence-corrected chi connectivity index (χ2v) is 14.2. The number of ether oxygens (including phenoxy) is 1. The Morgan fingerprint density at radius 1 is 0.894 bits per heavy atom. The molecule has 13 nitrogen and oxygen atoms in total. The number of amides is 3. The molecular formula is C34H48N8O5. The highest BCUT2D eigenvalue weighted by molar-refractivity contribution is 5.84. The molecule has 6 atom stereocenters. The zero-order valence-electron chi connectivity index (χ0n) is 27.2. The lowest BCUT2D eigenvalue weighted by atomic mass is 10.00. The van der Waals surface area contributed by atoms with Crippen molar-refractivity contribution in [1.29, 1.82) is 0 Å². The molecule has 4 bridgehead atoms. The minimum absolute atomic E-state index is 0.0737.